The Bertz CT molecular complexity index is 480. The highest BCUT2D eigenvalue weighted by molar-refractivity contribution is 5.99. The van der Waals surface area contributed by atoms with E-state index in [0.717, 1.165) is 19.5 Å². The molecule has 6 heteroatoms. The van der Waals surface area contributed by atoms with Gasteiger partial charge in [-0.25, -0.2) is 0 Å². The van der Waals surface area contributed by atoms with Crippen molar-refractivity contribution in [1.29, 1.82) is 0 Å². The molecule has 0 bridgehead atoms. The van der Waals surface area contributed by atoms with E-state index in [1.165, 1.54) is 0 Å². The number of hydrogen-bond acceptors (Lipinski definition) is 3. The summed E-state index contributed by atoms with van der Waals surface area (Å²) in [6, 6.07) is 6.83. The first kappa shape index (κ1) is 20.4. The second-order valence-electron chi connectivity index (χ2n) is 4.91. The molecule has 1 aromatic carbocycles. The Morgan fingerprint density at radius 3 is 2.41 bits per heavy atom. The molecule has 0 heterocycles. The van der Waals surface area contributed by atoms with Crippen molar-refractivity contribution in [3.05, 3.63) is 35.4 Å². The number of nitrogens with zero attached hydrogens (tertiary/aromatic N) is 1. The van der Waals surface area contributed by atoms with Crippen LogP contribution in [-0.2, 0) is 0 Å². The van der Waals surface area contributed by atoms with Crippen LogP contribution < -0.4 is 10.6 Å². The van der Waals surface area contributed by atoms with Crippen molar-refractivity contribution in [2.75, 3.05) is 33.2 Å². The third-order valence-electron chi connectivity index (χ3n) is 3.21. The van der Waals surface area contributed by atoms with Crippen LogP contribution in [0.3, 0.4) is 0 Å². The SMILES string of the molecule is CCCNCCNC(=O)c1cccc(C(=O)N(C)CC)c1.Cl. The van der Waals surface area contributed by atoms with E-state index in [1.807, 2.05) is 6.92 Å². The predicted molar refractivity (Wildman–Crippen MR) is 91.8 cm³/mol. The average molecular weight is 328 g/mol. The molecule has 0 aliphatic heterocycles. The molecule has 22 heavy (non-hydrogen) atoms. The largest absolute Gasteiger partial charge is 0.351 e. The highest BCUT2D eigenvalue weighted by atomic mass is 35.5. The molecular weight excluding hydrogens is 302 g/mol. The van der Waals surface area contributed by atoms with Crippen molar-refractivity contribution in [1.82, 2.24) is 15.5 Å². The van der Waals surface area contributed by atoms with E-state index >= 15 is 0 Å². The highest BCUT2D eigenvalue weighted by Gasteiger charge is 2.12. The van der Waals surface area contributed by atoms with Gasteiger partial charge in [-0.2, -0.15) is 0 Å². The van der Waals surface area contributed by atoms with E-state index in [0.29, 0.717) is 24.2 Å². The van der Waals surface area contributed by atoms with E-state index in [2.05, 4.69) is 17.6 Å². The minimum atomic E-state index is -0.151. The van der Waals surface area contributed by atoms with Gasteiger partial charge in [0.25, 0.3) is 11.8 Å². The Kier molecular flexibility index (Phi) is 10.2. The van der Waals surface area contributed by atoms with Crippen molar-refractivity contribution in [3.8, 4) is 0 Å². The maximum atomic E-state index is 12.1. The molecule has 0 radical (unpaired) electrons. The van der Waals surface area contributed by atoms with Crippen molar-refractivity contribution in [2.24, 2.45) is 0 Å². The fourth-order valence-electron chi connectivity index (χ4n) is 1.83. The number of hydrogen-bond donors (Lipinski definition) is 2. The Balaban J connectivity index is 0.00000441. The Morgan fingerprint density at radius 2 is 1.77 bits per heavy atom. The summed E-state index contributed by atoms with van der Waals surface area (Å²) in [5.74, 6) is -0.223. The third-order valence-corrected chi connectivity index (χ3v) is 3.21. The summed E-state index contributed by atoms with van der Waals surface area (Å²) in [7, 11) is 1.74. The fraction of sp³-hybridized carbons (Fsp3) is 0.500. The topological polar surface area (TPSA) is 61.4 Å². The van der Waals surface area contributed by atoms with Gasteiger partial charge in [0, 0.05) is 37.8 Å². The average Bonchev–Trinajstić information content (AvgIpc) is 2.53. The minimum absolute atomic E-state index is 0. The van der Waals surface area contributed by atoms with Crippen LogP contribution in [0.4, 0.5) is 0 Å². The quantitative estimate of drug-likeness (QED) is 0.717. The van der Waals surface area contributed by atoms with Crippen molar-refractivity contribution in [3.63, 3.8) is 0 Å². The van der Waals surface area contributed by atoms with Crippen LogP contribution in [0.2, 0.25) is 0 Å². The summed E-state index contributed by atoms with van der Waals surface area (Å²) in [6.07, 6.45) is 1.07. The molecule has 0 fully saturated rings. The fourth-order valence-corrected chi connectivity index (χ4v) is 1.83. The second-order valence-corrected chi connectivity index (χ2v) is 4.91. The van der Waals surface area contributed by atoms with Crippen molar-refractivity contribution < 1.29 is 9.59 Å². The van der Waals surface area contributed by atoms with Crippen molar-refractivity contribution >= 4 is 24.2 Å². The smallest absolute Gasteiger partial charge is 0.253 e. The number of benzene rings is 1. The Labute approximate surface area is 138 Å². The zero-order valence-corrected chi connectivity index (χ0v) is 14.3. The predicted octanol–water partition coefficient (Wildman–Crippen LogP) is 1.93. The molecule has 0 unspecified atom stereocenters. The van der Waals surface area contributed by atoms with Crippen LogP contribution in [0.1, 0.15) is 41.0 Å². The van der Waals surface area contributed by atoms with Gasteiger partial charge in [0.05, 0.1) is 0 Å². The van der Waals surface area contributed by atoms with Gasteiger partial charge in [-0.05, 0) is 38.1 Å². The lowest BCUT2D eigenvalue weighted by atomic mass is 10.1. The van der Waals surface area contributed by atoms with Gasteiger partial charge in [-0.1, -0.05) is 13.0 Å². The number of carbonyl (C=O) groups excluding carboxylic acids is 2. The molecule has 1 aromatic rings. The van der Waals surface area contributed by atoms with Crippen LogP contribution in [-0.4, -0.2) is 49.9 Å². The number of nitrogens with one attached hydrogen (secondary N) is 2. The normalized spacial score (nSPS) is 9.77. The molecule has 0 spiro atoms. The van der Waals surface area contributed by atoms with E-state index in [4.69, 9.17) is 0 Å². The Hall–Kier alpha value is -1.59. The lowest BCUT2D eigenvalue weighted by Gasteiger charge is -2.15. The Morgan fingerprint density at radius 1 is 1.09 bits per heavy atom. The number of carbonyl (C=O) groups is 2. The van der Waals surface area contributed by atoms with Crippen molar-refractivity contribution in [2.45, 2.75) is 20.3 Å². The summed E-state index contributed by atoms with van der Waals surface area (Å²) in [6.45, 7) is 6.92. The lowest BCUT2D eigenvalue weighted by molar-refractivity contribution is 0.0802. The number of rotatable bonds is 8. The summed E-state index contributed by atoms with van der Waals surface area (Å²) in [4.78, 5) is 25.7. The minimum Gasteiger partial charge on any atom is -0.351 e. The molecule has 0 aliphatic rings. The maximum absolute atomic E-state index is 12.1. The lowest BCUT2D eigenvalue weighted by Crippen LogP contribution is -2.32. The first-order valence-corrected chi connectivity index (χ1v) is 7.44. The van der Waals surface area contributed by atoms with E-state index in [9.17, 15) is 9.59 Å². The van der Waals surface area contributed by atoms with Crippen LogP contribution in [0.25, 0.3) is 0 Å². The maximum Gasteiger partial charge on any atom is 0.253 e. The first-order chi connectivity index (χ1) is 10.1. The molecule has 5 nitrogen and oxygen atoms in total. The van der Waals surface area contributed by atoms with Crippen LogP contribution >= 0.6 is 12.4 Å². The molecule has 0 saturated heterocycles. The standard InChI is InChI=1S/C16H25N3O2.ClH/c1-4-9-17-10-11-18-15(20)13-7-6-8-14(12-13)16(21)19(3)5-2;/h6-8,12,17H,4-5,9-11H2,1-3H3,(H,18,20);1H. The van der Waals surface area contributed by atoms with E-state index in [-0.39, 0.29) is 24.2 Å². The molecule has 2 amide bonds. The second kappa shape index (κ2) is 11.0. The van der Waals surface area contributed by atoms with E-state index < -0.39 is 0 Å². The van der Waals surface area contributed by atoms with Crippen LogP contribution in [0.5, 0.6) is 0 Å². The molecule has 0 aromatic heterocycles. The van der Waals surface area contributed by atoms with E-state index in [1.54, 1.807) is 36.2 Å². The number of halogens is 1. The van der Waals surface area contributed by atoms with Gasteiger partial charge in [0.1, 0.15) is 0 Å². The summed E-state index contributed by atoms with van der Waals surface area (Å²) >= 11 is 0. The van der Waals surface area contributed by atoms with Crippen LogP contribution in [0, 0.1) is 0 Å². The highest BCUT2D eigenvalue weighted by Crippen LogP contribution is 2.08. The molecule has 0 aliphatic carbocycles. The van der Waals surface area contributed by atoms with Gasteiger partial charge in [0.2, 0.25) is 0 Å². The number of amides is 2. The molecule has 2 N–H and O–H groups in total. The van der Waals surface area contributed by atoms with Gasteiger partial charge < -0.3 is 15.5 Å². The van der Waals surface area contributed by atoms with Crippen LogP contribution in [0.15, 0.2) is 24.3 Å². The zero-order chi connectivity index (χ0) is 15.7. The molecule has 0 atom stereocenters. The summed E-state index contributed by atoms with van der Waals surface area (Å²) in [5.41, 5.74) is 1.05. The molecular formula is C16H26ClN3O2. The molecule has 0 saturated carbocycles. The monoisotopic (exact) mass is 327 g/mol. The third kappa shape index (κ3) is 6.45. The van der Waals surface area contributed by atoms with Gasteiger partial charge in [-0.15, -0.1) is 12.4 Å². The summed E-state index contributed by atoms with van der Waals surface area (Å²) < 4.78 is 0. The zero-order valence-electron chi connectivity index (χ0n) is 13.5. The molecule has 1 rings (SSSR count). The summed E-state index contributed by atoms with van der Waals surface area (Å²) in [5, 5.41) is 6.06. The van der Waals surface area contributed by atoms with Gasteiger partial charge >= 0.3 is 0 Å². The van der Waals surface area contributed by atoms with Gasteiger partial charge in [0.15, 0.2) is 0 Å². The van der Waals surface area contributed by atoms with Gasteiger partial charge in [-0.3, -0.25) is 9.59 Å². The molecule has 124 valence electrons. The first-order valence-electron chi connectivity index (χ1n) is 7.44.